The van der Waals surface area contributed by atoms with E-state index in [2.05, 4.69) is 4.98 Å². The van der Waals surface area contributed by atoms with Crippen molar-refractivity contribution in [3.05, 3.63) is 52.0 Å². The van der Waals surface area contributed by atoms with Crippen LogP contribution in [0.5, 0.6) is 0 Å². The molecular formula is C12H7NO2S. The van der Waals surface area contributed by atoms with Crippen LogP contribution >= 0.6 is 11.3 Å². The van der Waals surface area contributed by atoms with Crippen LogP contribution in [0, 0.1) is 0 Å². The maximum absolute atomic E-state index is 12.1. The summed E-state index contributed by atoms with van der Waals surface area (Å²) >= 11 is 1.35. The summed E-state index contributed by atoms with van der Waals surface area (Å²) < 4.78 is 0. The summed E-state index contributed by atoms with van der Waals surface area (Å²) in [6.45, 7) is 0. The minimum atomic E-state index is -0.711. The fourth-order valence-electron chi connectivity index (χ4n) is 1.94. The van der Waals surface area contributed by atoms with E-state index in [0.29, 0.717) is 16.1 Å². The van der Waals surface area contributed by atoms with Crippen molar-refractivity contribution in [2.24, 2.45) is 0 Å². The van der Waals surface area contributed by atoms with E-state index >= 15 is 0 Å². The van der Waals surface area contributed by atoms with Gasteiger partial charge in [-0.05, 0) is 0 Å². The molecule has 2 aromatic rings. The van der Waals surface area contributed by atoms with E-state index in [1.54, 1.807) is 35.8 Å². The fraction of sp³-hybridized carbons (Fsp3) is 0.0833. The Balaban J connectivity index is 2.15. The van der Waals surface area contributed by atoms with Gasteiger partial charge in [0.05, 0.1) is 0 Å². The van der Waals surface area contributed by atoms with Crippen LogP contribution in [0.2, 0.25) is 0 Å². The van der Waals surface area contributed by atoms with Gasteiger partial charge < -0.3 is 0 Å². The summed E-state index contributed by atoms with van der Waals surface area (Å²) in [5.74, 6) is -0.969. The Morgan fingerprint density at radius 3 is 2.19 bits per heavy atom. The molecule has 0 atom stereocenters. The molecule has 1 heterocycles. The third kappa shape index (κ3) is 1.17. The van der Waals surface area contributed by atoms with Gasteiger partial charge in [0, 0.05) is 22.7 Å². The van der Waals surface area contributed by atoms with E-state index in [1.165, 1.54) is 11.3 Å². The first-order valence-corrected chi connectivity index (χ1v) is 5.74. The summed E-state index contributed by atoms with van der Waals surface area (Å²) in [4.78, 5) is 28.2. The average Bonchev–Trinajstić information content (AvgIpc) is 2.89. The number of nitrogens with zero attached hydrogens (tertiary/aromatic N) is 1. The van der Waals surface area contributed by atoms with Gasteiger partial charge in [-0.2, -0.15) is 0 Å². The SMILES string of the molecule is O=C1c2ccccc2C(=O)C1c1nccs1. The standard InChI is InChI=1S/C12H7NO2S/c14-10-7-3-1-2-4-8(7)11(15)9(10)12-13-5-6-16-12/h1-6,9H. The molecule has 1 aliphatic rings. The van der Waals surface area contributed by atoms with Gasteiger partial charge in [0.1, 0.15) is 10.9 Å². The van der Waals surface area contributed by atoms with E-state index < -0.39 is 5.92 Å². The number of thiazole rings is 1. The molecule has 4 heteroatoms. The number of aromatic nitrogens is 1. The van der Waals surface area contributed by atoms with Crippen molar-refractivity contribution in [3.8, 4) is 0 Å². The molecule has 0 N–H and O–H groups in total. The molecule has 3 rings (SSSR count). The van der Waals surface area contributed by atoms with Crippen molar-refractivity contribution in [3.63, 3.8) is 0 Å². The van der Waals surface area contributed by atoms with Crippen LogP contribution in [-0.2, 0) is 0 Å². The Morgan fingerprint density at radius 2 is 1.69 bits per heavy atom. The zero-order valence-electron chi connectivity index (χ0n) is 8.21. The highest BCUT2D eigenvalue weighted by atomic mass is 32.1. The smallest absolute Gasteiger partial charge is 0.181 e. The van der Waals surface area contributed by atoms with Crippen LogP contribution in [0.4, 0.5) is 0 Å². The number of fused-ring (bicyclic) bond motifs is 1. The van der Waals surface area contributed by atoms with Gasteiger partial charge in [0.15, 0.2) is 11.6 Å². The maximum atomic E-state index is 12.1. The number of benzene rings is 1. The topological polar surface area (TPSA) is 47.0 Å². The number of Topliss-reactive ketones (excluding diaryl/α,β-unsaturated/α-hetero) is 2. The molecule has 0 radical (unpaired) electrons. The van der Waals surface area contributed by atoms with Crippen LogP contribution in [-0.4, -0.2) is 16.6 Å². The first-order chi connectivity index (χ1) is 7.79. The Labute approximate surface area is 95.8 Å². The predicted molar refractivity (Wildman–Crippen MR) is 60.0 cm³/mol. The number of ketones is 2. The van der Waals surface area contributed by atoms with Gasteiger partial charge in [-0.1, -0.05) is 24.3 Å². The molecular weight excluding hydrogens is 222 g/mol. The Kier molecular flexibility index (Phi) is 1.97. The molecule has 0 spiro atoms. The normalized spacial score (nSPS) is 15.5. The van der Waals surface area contributed by atoms with Gasteiger partial charge in [0.2, 0.25) is 0 Å². The Morgan fingerprint density at radius 1 is 1.06 bits per heavy atom. The van der Waals surface area contributed by atoms with Crippen LogP contribution < -0.4 is 0 Å². The molecule has 1 aromatic carbocycles. The zero-order valence-corrected chi connectivity index (χ0v) is 9.03. The maximum Gasteiger partial charge on any atom is 0.181 e. The monoisotopic (exact) mass is 229 g/mol. The number of hydrogen-bond donors (Lipinski definition) is 0. The van der Waals surface area contributed by atoms with Gasteiger partial charge in [-0.15, -0.1) is 11.3 Å². The van der Waals surface area contributed by atoms with E-state index in [4.69, 9.17) is 0 Å². The summed E-state index contributed by atoms with van der Waals surface area (Å²) in [5, 5.41) is 2.37. The molecule has 0 aliphatic heterocycles. The van der Waals surface area contributed by atoms with Crippen LogP contribution in [0.1, 0.15) is 31.6 Å². The summed E-state index contributed by atoms with van der Waals surface area (Å²) in [5.41, 5.74) is 1.04. The van der Waals surface area contributed by atoms with Crippen molar-refractivity contribution in [1.29, 1.82) is 0 Å². The molecule has 0 bridgehead atoms. The quantitative estimate of drug-likeness (QED) is 0.705. The van der Waals surface area contributed by atoms with E-state index in [9.17, 15) is 9.59 Å². The second-order valence-corrected chi connectivity index (χ2v) is 4.50. The van der Waals surface area contributed by atoms with E-state index in [0.717, 1.165) is 0 Å². The fourth-order valence-corrected chi connectivity index (χ4v) is 2.68. The lowest BCUT2D eigenvalue weighted by molar-refractivity contribution is 0.0890. The Hall–Kier alpha value is -1.81. The second-order valence-electron chi connectivity index (χ2n) is 3.58. The zero-order chi connectivity index (χ0) is 11.1. The summed E-state index contributed by atoms with van der Waals surface area (Å²) in [6.07, 6.45) is 1.61. The van der Waals surface area contributed by atoms with Crippen molar-refractivity contribution in [2.45, 2.75) is 5.92 Å². The summed E-state index contributed by atoms with van der Waals surface area (Å²) in [6, 6.07) is 6.94. The van der Waals surface area contributed by atoms with Crippen molar-refractivity contribution >= 4 is 22.9 Å². The number of rotatable bonds is 1. The average molecular weight is 229 g/mol. The molecule has 1 aliphatic carbocycles. The minimum Gasteiger partial charge on any atom is -0.293 e. The first-order valence-electron chi connectivity index (χ1n) is 4.86. The minimum absolute atomic E-state index is 0.129. The highest BCUT2D eigenvalue weighted by molar-refractivity contribution is 7.10. The third-order valence-electron chi connectivity index (χ3n) is 2.68. The highest BCUT2D eigenvalue weighted by Crippen LogP contribution is 2.34. The Bertz CT molecular complexity index is 539. The van der Waals surface area contributed by atoms with Crippen molar-refractivity contribution < 1.29 is 9.59 Å². The van der Waals surface area contributed by atoms with Crippen LogP contribution in [0.3, 0.4) is 0 Å². The number of carbonyl (C=O) groups excluding carboxylic acids is 2. The van der Waals surface area contributed by atoms with Gasteiger partial charge in [0.25, 0.3) is 0 Å². The van der Waals surface area contributed by atoms with Gasteiger partial charge in [-0.25, -0.2) is 4.98 Å². The lowest BCUT2D eigenvalue weighted by Crippen LogP contribution is -2.12. The van der Waals surface area contributed by atoms with Crippen molar-refractivity contribution in [2.75, 3.05) is 0 Å². The molecule has 0 amide bonds. The number of carbonyl (C=O) groups is 2. The molecule has 0 saturated carbocycles. The summed E-state index contributed by atoms with van der Waals surface area (Å²) in [7, 11) is 0. The van der Waals surface area contributed by atoms with E-state index in [-0.39, 0.29) is 11.6 Å². The molecule has 0 fully saturated rings. The molecule has 0 saturated heterocycles. The lowest BCUT2D eigenvalue weighted by atomic mass is 10.1. The first kappa shape index (κ1) is 9.42. The molecule has 3 nitrogen and oxygen atoms in total. The third-order valence-corrected chi connectivity index (χ3v) is 3.52. The molecule has 1 aromatic heterocycles. The number of hydrogen-bond acceptors (Lipinski definition) is 4. The molecule has 16 heavy (non-hydrogen) atoms. The van der Waals surface area contributed by atoms with Crippen LogP contribution in [0.25, 0.3) is 0 Å². The highest BCUT2D eigenvalue weighted by Gasteiger charge is 2.40. The largest absolute Gasteiger partial charge is 0.293 e. The predicted octanol–water partition coefficient (Wildman–Crippen LogP) is 2.31. The van der Waals surface area contributed by atoms with Gasteiger partial charge >= 0.3 is 0 Å². The lowest BCUT2D eigenvalue weighted by Gasteiger charge is -2.00. The second kappa shape index (κ2) is 3.35. The van der Waals surface area contributed by atoms with E-state index in [1.807, 2.05) is 0 Å². The molecule has 78 valence electrons. The molecule has 0 unspecified atom stereocenters. The van der Waals surface area contributed by atoms with Gasteiger partial charge in [-0.3, -0.25) is 9.59 Å². The van der Waals surface area contributed by atoms with Crippen molar-refractivity contribution in [1.82, 2.24) is 4.98 Å². The van der Waals surface area contributed by atoms with Crippen LogP contribution in [0.15, 0.2) is 35.8 Å².